The van der Waals surface area contributed by atoms with Gasteiger partial charge in [-0.25, -0.2) is 0 Å². The van der Waals surface area contributed by atoms with Crippen molar-refractivity contribution in [3.05, 3.63) is 57.1 Å². The molecule has 0 unspecified atom stereocenters. The molecule has 120 valence electrons. The van der Waals surface area contributed by atoms with E-state index < -0.39 is 10.8 Å². The molecule has 0 heterocycles. The summed E-state index contributed by atoms with van der Waals surface area (Å²) >= 11 is 6.01. The van der Waals surface area contributed by atoms with E-state index in [1.807, 2.05) is 0 Å². The number of rotatable bonds is 5. The van der Waals surface area contributed by atoms with Crippen LogP contribution < -0.4 is 15.4 Å². The lowest BCUT2D eigenvalue weighted by molar-refractivity contribution is -0.384. The average molecular weight is 336 g/mol. The first-order valence-corrected chi connectivity index (χ1v) is 6.95. The van der Waals surface area contributed by atoms with Crippen molar-refractivity contribution in [2.24, 2.45) is 0 Å². The van der Waals surface area contributed by atoms with Crippen LogP contribution in [0.5, 0.6) is 5.75 Å². The Labute approximate surface area is 137 Å². The molecule has 7 nitrogen and oxygen atoms in total. The van der Waals surface area contributed by atoms with Gasteiger partial charge in [0.15, 0.2) is 0 Å². The van der Waals surface area contributed by atoms with Crippen molar-refractivity contribution in [3.8, 4) is 5.75 Å². The molecule has 0 aliphatic heterocycles. The van der Waals surface area contributed by atoms with Crippen LogP contribution in [-0.4, -0.2) is 25.0 Å². The Bertz CT molecular complexity index is 764. The van der Waals surface area contributed by atoms with Crippen LogP contribution in [0.15, 0.2) is 36.4 Å². The maximum atomic E-state index is 12.4. The highest BCUT2D eigenvalue weighted by Gasteiger charge is 2.16. The summed E-state index contributed by atoms with van der Waals surface area (Å²) in [5.41, 5.74) is 0.928. The van der Waals surface area contributed by atoms with Gasteiger partial charge in [0.05, 0.1) is 22.6 Å². The minimum atomic E-state index is -0.555. The first-order chi connectivity index (χ1) is 11.0. The lowest BCUT2D eigenvalue weighted by Gasteiger charge is -2.11. The van der Waals surface area contributed by atoms with E-state index in [0.717, 1.165) is 0 Å². The summed E-state index contributed by atoms with van der Waals surface area (Å²) in [6.45, 7) is 0. The number of halogens is 1. The summed E-state index contributed by atoms with van der Waals surface area (Å²) in [7, 11) is 3.12. The number of hydrogen-bond acceptors (Lipinski definition) is 5. The second-order valence-corrected chi connectivity index (χ2v) is 4.95. The molecular weight excluding hydrogens is 322 g/mol. The number of anilines is 2. The highest BCUT2D eigenvalue weighted by molar-refractivity contribution is 6.32. The molecular formula is C15H14ClN3O4. The van der Waals surface area contributed by atoms with Gasteiger partial charge in [-0.15, -0.1) is 0 Å². The fraction of sp³-hybridized carbons (Fsp3) is 0.133. The predicted octanol–water partition coefficient (Wildman–Crippen LogP) is 3.55. The number of nitrogens with one attached hydrogen (secondary N) is 2. The van der Waals surface area contributed by atoms with E-state index in [1.54, 1.807) is 19.2 Å². The molecule has 0 bridgehead atoms. The third-order valence-corrected chi connectivity index (χ3v) is 3.43. The van der Waals surface area contributed by atoms with Crippen LogP contribution in [0.2, 0.25) is 5.02 Å². The first kappa shape index (κ1) is 16.6. The van der Waals surface area contributed by atoms with E-state index in [4.69, 9.17) is 16.3 Å². The molecule has 0 aromatic heterocycles. The van der Waals surface area contributed by atoms with Crippen LogP contribution in [0.4, 0.5) is 17.1 Å². The van der Waals surface area contributed by atoms with E-state index in [1.165, 1.54) is 31.4 Å². The summed E-state index contributed by atoms with van der Waals surface area (Å²) in [5.74, 6) is -0.00443. The Morgan fingerprint density at radius 2 is 2.00 bits per heavy atom. The summed E-state index contributed by atoms with van der Waals surface area (Å²) in [4.78, 5) is 22.7. The molecule has 0 spiro atoms. The SMILES string of the molecule is CNc1ccc([N+](=O)[O-])cc1C(=O)Nc1ccc(OC)c(Cl)c1. The van der Waals surface area contributed by atoms with Gasteiger partial charge in [-0.3, -0.25) is 14.9 Å². The Morgan fingerprint density at radius 3 is 2.57 bits per heavy atom. The minimum Gasteiger partial charge on any atom is -0.495 e. The van der Waals surface area contributed by atoms with E-state index in [2.05, 4.69) is 10.6 Å². The van der Waals surface area contributed by atoms with Gasteiger partial charge in [0.25, 0.3) is 11.6 Å². The maximum absolute atomic E-state index is 12.4. The minimum absolute atomic E-state index is 0.161. The van der Waals surface area contributed by atoms with Crippen molar-refractivity contribution in [1.82, 2.24) is 0 Å². The van der Waals surface area contributed by atoms with E-state index in [9.17, 15) is 14.9 Å². The molecule has 0 fully saturated rings. The second kappa shape index (κ2) is 6.97. The van der Waals surface area contributed by atoms with Gasteiger partial charge in [0.1, 0.15) is 5.75 Å². The standard InChI is InChI=1S/C15H14ClN3O4/c1-17-13-5-4-10(19(21)22)8-11(13)15(20)18-9-3-6-14(23-2)12(16)7-9/h3-8,17H,1-2H3,(H,18,20). The molecule has 0 atom stereocenters. The maximum Gasteiger partial charge on any atom is 0.270 e. The Balaban J connectivity index is 2.31. The number of nitro groups is 1. The summed E-state index contributed by atoms with van der Waals surface area (Å²) in [6, 6.07) is 8.80. The number of hydrogen-bond donors (Lipinski definition) is 2. The molecule has 2 aromatic carbocycles. The van der Waals surface area contributed by atoms with Crippen LogP contribution in [-0.2, 0) is 0 Å². The summed E-state index contributed by atoms with van der Waals surface area (Å²) in [5, 5.41) is 16.7. The van der Waals surface area contributed by atoms with Crippen molar-refractivity contribution in [3.63, 3.8) is 0 Å². The van der Waals surface area contributed by atoms with Gasteiger partial charge in [-0.1, -0.05) is 11.6 Å². The number of carbonyl (C=O) groups excluding carboxylic acids is 1. The van der Waals surface area contributed by atoms with Crippen LogP contribution in [0, 0.1) is 10.1 Å². The zero-order chi connectivity index (χ0) is 17.0. The van der Waals surface area contributed by atoms with Gasteiger partial charge in [-0.2, -0.15) is 0 Å². The topological polar surface area (TPSA) is 93.5 Å². The average Bonchev–Trinajstić information content (AvgIpc) is 2.54. The third-order valence-electron chi connectivity index (χ3n) is 3.14. The van der Waals surface area contributed by atoms with E-state index in [-0.39, 0.29) is 11.3 Å². The van der Waals surface area contributed by atoms with Crippen LogP contribution >= 0.6 is 11.6 Å². The molecule has 2 rings (SSSR count). The number of ether oxygens (including phenoxy) is 1. The van der Waals surface area contributed by atoms with Crippen LogP contribution in [0.25, 0.3) is 0 Å². The largest absolute Gasteiger partial charge is 0.495 e. The second-order valence-electron chi connectivity index (χ2n) is 4.54. The van der Waals surface area contributed by atoms with Gasteiger partial charge in [0.2, 0.25) is 0 Å². The molecule has 0 aliphatic carbocycles. The van der Waals surface area contributed by atoms with Crippen molar-refractivity contribution in [2.45, 2.75) is 0 Å². The number of nitro benzene ring substituents is 1. The first-order valence-electron chi connectivity index (χ1n) is 6.57. The normalized spacial score (nSPS) is 10.0. The van der Waals surface area contributed by atoms with Crippen LogP contribution in [0.1, 0.15) is 10.4 Å². The fourth-order valence-electron chi connectivity index (χ4n) is 1.99. The van der Waals surface area contributed by atoms with Crippen molar-refractivity contribution >= 4 is 34.6 Å². The number of non-ortho nitro benzene ring substituents is 1. The predicted molar refractivity (Wildman–Crippen MR) is 88.6 cm³/mol. The van der Waals surface area contributed by atoms with Gasteiger partial charge in [-0.05, 0) is 24.3 Å². The zero-order valence-electron chi connectivity index (χ0n) is 12.4. The lowest BCUT2D eigenvalue weighted by Crippen LogP contribution is -2.14. The summed E-state index contributed by atoms with van der Waals surface area (Å²) in [6.07, 6.45) is 0. The molecule has 0 saturated carbocycles. The number of benzene rings is 2. The molecule has 0 radical (unpaired) electrons. The van der Waals surface area contributed by atoms with Crippen molar-refractivity contribution < 1.29 is 14.5 Å². The molecule has 23 heavy (non-hydrogen) atoms. The third kappa shape index (κ3) is 3.70. The zero-order valence-corrected chi connectivity index (χ0v) is 13.2. The number of amides is 1. The number of nitrogens with zero attached hydrogens (tertiary/aromatic N) is 1. The van der Waals surface area contributed by atoms with Crippen molar-refractivity contribution in [2.75, 3.05) is 24.8 Å². The molecule has 2 N–H and O–H groups in total. The molecule has 0 saturated heterocycles. The van der Waals surface area contributed by atoms with Crippen LogP contribution in [0.3, 0.4) is 0 Å². The summed E-state index contributed by atoms with van der Waals surface area (Å²) < 4.78 is 5.04. The Kier molecular flexibility index (Phi) is 5.02. The highest BCUT2D eigenvalue weighted by Crippen LogP contribution is 2.28. The van der Waals surface area contributed by atoms with Gasteiger partial charge >= 0.3 is 0 Å². The van der Waals surface area contributed by atoms with Gasteiger partial charge < -0.3 is 15.4 Å². The lowest BCUT2D eigenvalue weighted by atomic mass is 10.1. The molecule has 8 heteroatoms. The smallest absolute Gasteiger partial charge is 0.270 e. The number of methoxy groups -OCH3 is 1. The Morgan fingerprint density at radius 1 is 1.26 bits per heavy atom. The highest BCUT2D eigenvalue weighted by atomic mass is 35.5. The molecule has 1 amide bonds. The molecule has 2 aromatic rings. The van der Waals surface area contributed by atoms with E-state index >= 15 is 0 Å². The van der Waals surface area contributed by atoms with Gasteiger partial charge in [0, 0.05) is 30.6 Å². The molecule has 0 aliphatic rings. The fourth-order valence-corrected chi connectivity index (χ4v) is 2.25. The monoisotopic (exact) mass is 335 g/mol. The number of carbonyl (C=O) groups is 1. The van der Waals surface area contributed by atoms with Crippen molar-refractivity contribution in [1.29, 1.82) is 0 Å². The van der Waals surface area contributed by atoms with E-state index in [0.29, 0.717) is 22.1 Å². The Hall–Kier alpha value is -2.80. The quantitative estimate of drug-likeness (QED) is 0.643.